The van der Waals surface area contributed by atoms with E-state index in [0.717, 1.165) is 20.2 Å². The van der Waals surface area contributed by atoms with E-state index in [-0.39, 0.29) is 0 Å². The quantitative estimate of drug-likeness (QED) is 0.754. The average molecular weight is 401 g/mol. The van der Waals surface area contributed by atoms with Crippen LogP contribution in [0.2, 0.25) is 5.02 Å². The van der Waals surface area contributed by atoms with Crippen molar-refractivity contribution in [3.8, 4) is 6.07 Å². The molecule has 2 aromatic carbocycles. The van der Waals surface area contributed by atoms with Gasteiger partial charge < -0.3 is 5.32 Å². The van der Waals surface area contributed by atoms with Crippen LogP contribution in [0.1, 0.15) is 11.1 Å². The third kappa shape index (κ3) is 3.73. The number of halogens is 3. The van der Waals surface area contributed by atoms with E-state index in [1.807, 2.05) is 24.3 Å². The molecular formula is C14H9Br2ClN2. The zero-order valence-electron chi connectivity index (χ0n) is 9.75. The molecule has 0 radical (unpaired) electrons. The van der Waals surface area contributed by atoms with Crippen LogP contribution in [0.3, 0.4) is 0 Å². The summed E-state index contributed by atoms with van der Waals surface area (Å²) in [6.07, 6.45) is 0. The third-order valence-electron chi connectivity index (χ3n) is 2.58. The van der Waals surface area contributed by atoms with Crippen LogP contribution in [0.4, 0.5) is 5.69 Å². The third-order valence-corrected chi connectivity index (χ3v) is 4.24. The highest BCUT2D eigenvalue weighted by Gasteiger charge is 2.04. The van der Waals surface area contributed by atoms with Gasteiger partial charge in [0.05, 0.1) is 11.6 Å². The Hall–Kier alpha value is -1.02. The monoisotopic (exact) mass is 398 g/mol. The minimum absolute atomic E-state index is 0.626. The summed E-state index contributed by atoms with van der Waals surface area (Å²) >= 11 is 12.9. The summed E-state index contributed by atoms with van der Waals surface area (Å²) in [5, 5.41) is 12.8. The maximum atomic E-state index is 8.82. The molecular weight excluding hydrogens is 391 g/mol. The Bertz CT molecular complexity index is 650. The van der Waals surface area contributed by atoms with Crippen LogP contribution in [0.5, 0.6) is 0 Å². The first-order valence-corrected chi connectivity index (χ1v) is 7.44. The van der Waals surface area contributed by atoms with Crippen LogP contribution < -0.4 is 5.32 Å². The van der Waals surface area contributed by atoms with Crippen molar-refractivity contribution in [2.75, 3.05) is 5.32 Å². The number of anilines is 1. The summed E-state index contributed by atoms with van der Waals surface area (Å²) in [6, 6.07) is 13.2. The summed E-state index contributed by atoms with van der Waals surface area (Å²) < 4.78 is 1.87. The van der Waals surface area contributed by atoms with E-state index in [0.29, 0.717) is 17.1 Å². The molecule has 0 aliphatic rings. The van der Waals surface area contributed by atoms with Crippen molar-refractivity contribution in [2.45, 2.75) is 6.54 Å². The summed E-state index contributed by atoms with van der Waals surface area (Å²) in [4.78, 5) is 0. The first-order valence-electron chi connectivity index (χ1n) is 5.47. The van der Waals surface area contributed by atoms with Crippen LogP contribution in [0, 0.1) is 11.3 Å². The maximum Gasteiger partial charge on any atom is 0.0992 e. The van der Waals surface area contributed by atoms with Crippen LogP contribution in [0.15, 0.2) is 45.3 Å². The van der Waals surface area contributed by atoms with E-state index < -0.39 is 0 Å². The standard InChI is InChI=1S/C14H9Br2ClN2/c15-12-3-2-11(17)6-10(12)8-19-14-4-1-9(7-18)5-13(14)16/h1-6,19H,8H2. The molecule has 1 N–H and O–H groups in total. The van der Waals surface area contributed by atoms with Gasteiger partial charge in [0.1, 0.15) is 0 Å². The highest BCUT2D eigenvalue weighted by molar-refractivity contribution is 9.11. The SMILES string of the molecule is N#Cc1ccc(NCc2cc(Cl)ccc2Br)c(Br)c1. The zero-order valence-corrected chi connectivity index (χ0v) is 13.7. The van der Waals surface area contributed by atoms with Crippen LogP contribution in [0.25, 0.3) is 0 Å². The Kier molecular flexibility index (Phi) is 4.87. The summed E-state index contributed by atoms with van der Waals surface area (Å²) in [5.41, 5.74) is 2.64. The minimum Gasteiger partial charge on any atom is -0.380 e. The molecule has 0 bridgehead atoms. The Morgan fingerprint density at radius 1 is 1.11 bits per heavy atom. The van der Waals surface area contributed by atoms with E-state index in [1.54, 1.807) is 12.1 Å². The van der Waals surface area contributed by atoms with Crippen LogP contribution in [-0.2, 0) is 6.54 Å². The molecule has 0 aliphatic carbocycles. The number of nitriles is 1. The molecule has 0 aliphatic heterocycles. The molecule has 0 atom stereocenters. The molecule has 0 saturated heterocycles. The van der Waals surface area contributed by atoms with Gasteiger partial charge in [-0.05, 0) is 57.9 Å². The van der Waals surface area contributed by atoms with Gasteiger partial charge in [0.25, 0.3) is 0 Å². The Labute approximate surface area is 133 Å². The molecule has 0 saturated carbocycles. The van der Waals surface area contributed by atoms with Gasteiger partial charge in [-0.1, -0.05) is 27.5 Å². The lowest BCUT2D eigenvalue weighted by Crippen LogP contribution is -2.01. The van der Waals surface area contributed by atoms with E-state index in [1.165, 1.54) is 0 Å². The van der Waals surface area contributed by atoms with Crippen LogP contribution >= 0.6 is 43.5 Å². The Balaban J connectivity index is 2.15. The summed E-state index contributed by atoms with van der Waals surface area (Å²) in [5.74, 6) is 0. The van der Waals surface area contributed by atoms with Gasteiger partial charge in [0.15, 0.2) is 0 Å². The molecule has 96 valence electrons. The summed E-state index contributed by atoms with van der Waals surface area (Å²) in [7, 11) is 0. The highest BCUT2D eigenvalue weighted by atomic mass is 79.9. The molecule has 2 nitrogen and oxygen atoms in total. The minimum atomic E-state index is 0.626. The molecule has 0 heterocycles. The second-order valence-electron chi connectivity index (χ2n) is 3.90. The van der Waals surface area contributed by atoms with E-state index in [9.17, 15) is 0 Å². The highest BCUT2D eigenvalue weighted by Crippen LogP contribution is 2.26. The van der Waals surface area contributed by atoms with Gasteiger partial charge in [-0.15, -0.1) is 0 Å². The van der Waals surface area contributed by atoms with Crippen molar-refractivity contribution in [1.29, 1.82) is 5.26 Å². The fourth-order valence-corrected chi connectivity index (χ4v) is 2.70. The topological polar surface area (TPSA) is 35.8 Å². The molecule has 0 fully saturated rings. The van der Waals surface area contributed by atoms with Crippen molar-refractivity contribution in [3.05, 3.63) is 61.5 Å². The maximum absolute atomic E-state index is 8.82. The van der Waals surface area contributed by atoms with Crippen molar-refractivity contribution in [2.24, 2.45) is 0 Å². The first-order chi connectivity index (χ1) is 9.10. The molecule has 2 rings (SSSR count). The lowest BCUT2D eigenvalue weighted by atomic mass is 10.2. The molecule has 0 spiro atoms. The second kappa shape index (κ2) is 6.42. The van der Waals surface area contributed by atoms with Gasteiger partial charge in [-0.2, -0.15) is 5.26 Å². The summed E-state index contributed by atoms with van der Waals surface area (Å²) in [6.45, 7) is 0.644. The number of hydrogen-bond acceptors (Lipinski definition) is 2. The number of rotatable bonds is 3. The molecule has 2 aromatic rings. The number of nitrogens with one attached hydrogen (secondary N) is 1. The molecule has 5 heteroatoms. The van der Waals surface area contributed by atoms with Crippen molar-refractivity contribution >= 4 is 49.1 Å². The van der Waals surface area contributed by atoms with Gasteiger partial charge in [0, 0.05) is 26.2 Å². The fraction of sp³-hybridized carbons (Fsp3) is 0.0714. The fourth-order valence-electron chi connectivity index (χ4n) is 1.60. The lowest BCUT2D eigenvalue weighted by molar-refractivity contribution is 1.13. The van der Waals surface area contributed by atoms with Crippen molar-refractivity contribution < 1.29 is 0 Å². The zero-order chi connectivity index (χ0) is 13.8. The average Bonchev–Trinajstić information content (AvgIpc) is 2.40. The first kappa shape index (κ1) is 14.4. The smallest absolute Gasteiger partial charge is 0.0992 e. The Morgan fingerprint density at radius 2 is 1.89 bits per heavy atom. The number of benzene rings is 2. The van der Waals surface area contributed by atoms with Gasteiger partial charge in [-0.25, -0.2) is 0 Å². The second-order valence-corrected chi connectivity index (χ2v) is 6.04. The van der Waals surface area contributed by atoms with E-state index >= 15 is 0 Å². The van der Waals surface area contributed by atoms with Crippen molar-refractivity contribution in [1.82, 2.24) is 0 Å². The van der Waals surface area contributed by atoms with Gasteiger partial charge >= 0.3 is 0 Å². The van der Waals surface area contributed by atoms with Crippen molar-refractivity contribution in [3.63, 3.8) is 0 Å². The predicted molar refractivity (Wildman–Crippen MR) is 85.3 cm³/mol. The Morgan fingerprint density at radius 3 is 2.58 bits per heavy atom. The predicted octanol–water partition coefficient (Wildman–Crippen LogP) is 5.35. The lowest BCUT2D eigenvalue weighted by Gasteiger charge is -2.10. The number of hydrogen-bond donors (Lipinski definition) is 1. The van der Waals surface area contributed by atoms with E-state index in [4.69, 9.17) is 16.9 Å². The van der Waals surface area contributed by atoms with Gasteiger partial charge in [0.2, 0.25) is 0 Å². The number of nitrogens with zero attached hydrogens (tertiary/aromatic N) is 1. The largest absolute Gasteiger partial charge is 0.380 e. The van der Waals surface area contributed by atoms with Crippen LogP contribution in [-0.4, -0.2) is 0 Å². The normalized spacial score (nSPS) is 10.0. The molecule has 0 amide bonds. The molecule has 19 heavy (non-hydrogen) atoms. The van der Waals surface area contributed by atoms with Gasteiger partial charge in [-0.3, -0.25) is 0 Å². The molecule has 0 unspecified atom stereocenters. The molecule has 0 aromatic heterocycles. The van der Waals surface area contributed by atoms with E-state index in [2.05, 4.69) is 43.2 Å².